The van der Waals surface area contributed by atoms with Crippen molar-refractivity contribution in [3.05, 3.63) is 77.5 Å². The van der Waals surface area contributed by atoms with Gasteiger partial charge in [-0.25, -0.2) is 4.39 Å². The van der Waals surface area contributed by atoms with Crippen LogP contribution in [-0.4, -0.2) is 36.9 Å². The zero-order chi connectivity index (χ0) is 25.8. The third kappa shape index (κ3) is 5.82. The molecule has 2 aromatic carbocycles. The number of benzene rings is 2. The number of halogens is 1. The van der Waals surface area contributed by atoms with Crippen LogP contribution in [0.1, 0.15) is 58.8 Å². The molecule has 9 heteroatoms. The van der Waals surface area contributed by atoms with Crippen LogP contribution in [0.25, 0.3) is 0 Å². The molecule has 37 heavy (non-hydrogen) atoms. The maximum Gasteiger partial charge on any atom is 0.287 e. The largest absolute Gasteiger partial charge is 0.485 e. The van der Waals surface area contributed by atoms with E-state index in [1.165, 1.54) is 35.6 Å². The molecule has 1 aliphatic heterocycles. The number of Topliss-reactive ketones (excluding diaryl/α,β-unsaturated/α-hetero) is 1. The molecule has 1 fully saturated rings. The minimum Gasteiger partial charge on any atom is -0.485 e. The van der Waals surface area contributed by atoms with Crippen molar-refractivity contribution in [2.75, 3.05) is 18.1 Å². The second kappa shape index (κ2) is 10.9. The van der Waals surface area contributed by atoms with Gasteiger partial charge in [-0.2, -0.15) is 0 Å². The van der Waals surface area contributed by atoms with E-state index in [9.17, 15) is 18.8 Å². The Hall–Kier alpha value is -4.14. The van der Waals surface area contributed by atoms with Gasteiger partial charge in [0.15, 0.2) is 24.8 Å². The van der Waals surface area contributed by atoms with Crippen molar-refractivity contribution in [3.63, 3.8) is 0 Å². The van der Waals surface area contributed by atoms with E-state index in [1.54, 1.807) is 30.3 Å². The lowest BCUT2D eigenvalue weighted by molar-refractivity contribution is -0.121. The summed E-state index contributed by atoms with van der Waals surface area (Å²) in [5.74, 6) is 0.183. The molecule has 1 aliphatic carbocycles. The quantitative estimate of drug-likeness (QED) is 0.446. The molecule has 1 saturated carbocycles. The second-order valence-corrected chi connectivity index (χ2v) is 9.19. The lowest BCUT2D eigenvalue weighted by Gasteiger charge is -2.29. The molecular formula is C28H27FN2O6. The van der Waals surface area contributed by atoms with Crippen molar-refractivity contribution in [1.82, 2.24) is 5.32 Å². The number of carbonyl (C=O) groups is 3. The van der Waals surface area contributed by atoms with E-state index >= 15 is 0 Å². The summed E-state index contributed by atoms with van der Waals surface area (Å²) in [7, 11) is 0. The highest BCUT2D eigenvalue weighted by Crippen LogP contribution is 2.34. The van der Waals surface area contributed by atoms with Crippen molar-refractivity contribution in [3.8, 4) is 11.5 Å². The lowest BCUT2D eigenvalue weighted by atomic mass is 9.95. The normalized spacial score (nSPS) is 15.6. The molecule has 0 bridgehead atoms. The maximum atomic E-state index is 13.1. The smallest absolute Gasteiger partial charge is 0.287 e. The van der Waals surface area contributed by atoms with E-state index < -0.39 is 5.82 Å². The highest BCUT2D eigenvalue weighted by Gasteiger charge is 2.28. The van der Waals surface area contributed by atoms with E-state index in [2.05, 4.69) is 5.32 Å². The van der Waals surface area contributed by atoms with E-state index in [4.69, 9.17) is 13.9 Å². The van der Waals surface area contributed by atoms with Gasteiger partial charge in [0.05, 0.1) is 12.2 Å². The third-order valence-electron chi connectivity index (χ3n) is 6.55. The first kappa shape index (κ1) is 24.5. The number of ketones is 1. The second-order valence-electron chi connectivity index (χ2n) is 9.19. The molecule has 3 aromatic rings. The van der Waals surface area contributed by atoms with Gasteiger partial charge in [0.2, 0.25) is 0 Å². The number of ether oxygens (including phenoxy) is 2. The van der Waals surface area contributed by atoms with Crippen LogP contribution < -0.4 is 19.7 Å². The maximum absolute atomic E-state index is 13.1. The fourth-order valence-corrected chi connectivity index (χ4v) is 4.56. The number of hydrogen-bond donors (Lipinski definition) is 1. The number of furan rings is 1. The Bertz CT molecular complexity index is 1300. The van der Waals surface area contributed by atoms with E-state index in [0.29, 0.717) is 28.5 Å². The van der Waals surface area contributed by atoms with Crippen LogP contribution in [0.15, 0.2) is 59.0 Å². The Morgan fingerprint density at radius 2 is 1.81 bits per heavy atom. The van der Waals surface area contributed by atoms with Gasteiger partial charge in [-0.05, 0) is 67.4 Å². The zero-order valence-electron chi connectivity index (χ0n) is 20.2. The molecule has 8 nitrogen and oxygen atoms in total. The molecule has 5 rings (SSSR count). The first-order valence-electron chi connectivity index (χ1n) is 12.3. The summed E-state index contributed by atoms with van der Waals surface area (Å²) < 4.78 is 29.9. The van der Waals surface area contributed by atoms with Crippen molar-refractivity contribution in [2.45, 2.75) is 44.7 Å². The van der Waals surface area contributed by atoms with Crippen LogP contribution in [0.5, 0.6) is 11.5 Å². The van der Waals surface area contributed by atoms with E-state index in [0.717, 1.165) is 25.7 Å². The van der Waals surface area contributed by atoms with Crippen molar-refractivity contribution in [1.29, 1.82) is 0 Å². The van der Waals surface area contributed by atoms with Gasteiger partial charge in [-0.1, -0.05) is 19.3 Å². The number of fused-ring (bicyclic) bond motifs is 1. The molecule has 0 radical (unpaired) electrons. The van der Waals surface area contributed by atoms with Crippen LogP contribution >= 0.6 is 0 Å². The van der Waals surface area contributed by atoms with Gasteiger partial charge in [-0.15, -0.1) is 0 Å². The van der Waals surface area contributed by atoms with Gasteiger partial charge in [0.1, 0.15) is 23.1 Å². The van der Waals surface area contributed by atoms with Crippen molar-refractivity contribution in [2.24, 2.45) is 0 Å². The van der Waals surface area contributed by atoms with Crippen LogP contribution in [0.3, 0.4) is 0 Å². The fourth-order valence-electron chi connectivity index (χ4n) is 4.56. The highest BCUT2D eigenvalue weighted by atomic mass is 19.1. The summed E-state index contributed by atoms with van der Waals surface area (Å²) in [6.45, 7) is -0.323. The Morgan fingerprint density at radius 1 is 1.03 bits per heavy atom. The minimum absolute atomic E-state index is 0.0790. The summed E-state index contributed by atoms with van der Waals surface area (Å²) in [5.41, 5.74) is 0.754. The Labute approximate surface area is 213 Å². The third-order valence-corrected chi connectivity index (χ3v) is 6.55. The molecule has 0 saturated heterocycles. The molecule has 0 spiro atoms. The fraction of sp³-hybridized carbons (Fsp3) is 0.321. The number of anilines is 1. The number of amides is 2. The molecule has 0 atom stereocenters. The lowest BCUT2D eigenvalue weighted by Crippen LogP contribution is -2.38. The van der Waals surface area contributed by atoms with Crippen LogP contribution in [0, 0.1) is 5.82 Å². The van der Waals surface area contributed by atoms with Gasteiger partial charge in [0, 0.05) is 11.6 Å². The van der Waals surface area contributed by atoms with Gasteiger partial charge < -0.3 is 19.2 Å². The van der Waals surface area contributed by atoms with Crippen LogP contribution in [-0.2, 0) is 11.3 Å². The minimum atomic E-state index is -0.397. The summed E-state index contributed by atoms with van der Waals surface area (Å²) in [5, 5.41) is 3.02. The Morgan fingerprint density at radius 3 is 2.59 bits per heavy atom. The average Bonchev–Trinajstić information content (AvgIpc) is 3.39. The van der Waals surface area contributed by atoms with Gasteiger partial charge in [-0.3, -0.25) is 19.3 Å². The summed E-state index contributed by atoms with van der Waals surface area (Å²) in [4.78, 5) is 39.6. The summed E-state index contributed by atoms with van der Waals surface area (Å²) in [6.07, 6.45) is 5.34. The SMILES string of the molecule is O=C(COc1ccc(F)cc1)c1ccc2c(c1)N(Cc1ccc(C(=O)NC3CCCCC3)o1)C(=O)CO2. The zero-order valence-corrected chi connectivity index (χ0v) is 20.2. The number of hydrogen-bond acceptors (Lipinski definition) is 6. The molecule has 2 aliphatic rings. The molecule has 2 heterocycles. The van der Waals surface area contributed by atoms with Crippen LogP contribution in [0.2, 0.25) is 0 Å². The number of rotatable bonds is 8. The highest BCUT2D eigenvalue weighted by molar-refractivity contribution is 6.02. The standard InChI is InChI=1S/C28H27FN2O6/c29-19-7-9-21(10-8-19)35-16-24(32)18-6-12-25-23(14-18)31(27(33)17-36-25)15-22-11-13-26(37-22)28(34)30-20-4-2-1-3-5-20/h6-14,20H,1-5,15-17H2,(H,30,34). The monoisotopic (exact) mass is 506 g/mol. The predicted molar refractivity (Wildman–Crippen MR) is 132 cm³/mol. The van der Waals surface area contributed by atoms with Crippen molar-refractivity contribution >= 4 is 23.3 Å². The van der Waals surface area contributed by atoms with E-state index in [-0.39, 0.29) is 49.2 Å². The Kier molecular flexibility index (Phi) is 7.20. The number of carbonyl (C=O) groups excluding carboxylic acids is 3. The van der Waals surface area contributed by atoms with Gasteiger partial charge in [0.25, 0.3) is 11.8 Å². The number of nitrogens with one attached hydrogen (secondary N) is 1. The molecule has 192 valence electrons. The Balaban J connectivity index is 1.27. The number of nitrogens with zero attached hydrogens (tertiary/aromatic N) is 1. The van der Waals surface area contributed by atoms with Gasteiger partial charge >= 0.3 is 0 Å². The molecule has 1 N–H and O–H groups in total. The first-order chi connectivity index (χ1) is 18.0. The molecule has 1 aromatic heterocycles. The molecule has 2 amide bonds. The van der Waals surface area contributed by atoms with E-state index in [1.807, 2.05) is 0 Å². The van der Waals surface area contributed by atoms with Crippen molar-refractivity contribution < 1.29 is 32.7 Å². The summed E-state index contributed by atoms with van der Waals surface area (Å²) in [6, 6.07) is 13.6. The topological polar surface area (TPSA) is 98.1 Å². The first-order valence-corrected chi connectivity index (χ1v) is 12.3. The molecule has 0 unspecified atom stereocenters. The summed E-state index contributed by atoms with van der Waals surface area (Å²) >= 11 is 0. The predicted octanol–water partition coefficient (Wildman–Crippen LogP) is 4.67. The van der Waals surface area contributed by atoms with Crippen LogP contribution in [0.4, 0.5) is 10.1 Å². The average molecular weight is 507 g/mol. The molecular weight excluding hydrogens is 479 g/mol.